The Morgan fingerprint density at radius 1 is 1.00 bits per heavy atom. The van der Waals surface area contributed by atoms with Crippen LogP contribution < -0.4 is 14.2 Å². The number of rotatable bonds is 6. The summed E-state index contributed by atoms with van der Waals surface area (Å²) in [5.74, 6) is 1.83. The van der Waals surface area contributed by atoms with Gasteiger partial charge in [0, 0.05) is 0 Å². The molecule has 0 aliphatic carbocycles. The first-order valence-corrected chi connectivity index (χ1v) is 6.67. The molecule has 0 unspecified atom stereocenters. The maximum absolute atomic E-state index is 9.59. The van der Waals surface area contributed by atoms with E-state index in [-0.39, 0.29) is 12.4 Å². The Morgan fingerprint density at radius 2 is 1.68 bits per heavy atom. The Labute approximate surface area is 129 Å². The SMILES string of the molecule is COc1cc(C=C(CO)Oc2ccccc2OC)ccc1O. The third kappa shape index (κ3) is 3.71. The lowest BCUT2D eigenvalue weighted by atomic mass is 10.2. The lowest BCUT2D eigenvalue weighted by Crippen LogP contribution is -2.01. The lowest BCUT2D eigenvalue weighted by molar-refractivity contribution is 0.260. The molecule has 0 heterocycles. The maximum Gasteiger partial charge on any atom is 0.168 e. The van der Waals surface area contributed by atoms with Gasteiger partial charge in [0.05, 0.1) is 14.2 Å². The number of hydrogen-bond donors (Lipinski definition) is 2. The number of phenols is 1. The standard InChI is InChI=1S/C17H18O5/c1-20-15-5-3-4-6-16(15)22-13(11-18)9-12-7-8-14(19)17(10-12)21-2/h3-10,18-19H,11H2,1-2H3. The van der Waals surface area contributed by atoms with E-state index in [0.717, 1.165) is 5.56 Å². The molecule has 0 bridgehead atoms. The van der Waals surface area contributed by atoms with Gasteiger partial charge in [-0.15, -0.1) is 0 Å². The van der Waals surface area contributed by atoms with Crippen molar-refractivity contribution in [3.8, 4) is 23.0 Å². The van der Waals surface area contributed by atoms with Crippen molar-refractivity contribution in [1.82, 2.24) is 0 Å². The van der Waals surface area contributed by atoms with E-state index in [1.165, 1.54) is 13.2 Å². The molecule has 0 radical (unpaired) electrons. The number of para-hydroxylation sites is 2. The third-order valence-corrected chi connectivity index (χ3v) is 3.00. The van der Waals surface area contributed by atoms with Gasteiger partial charge < -0.3 is 24.4 Å². The van der Waals surface area contributed by atoms with Gasteiger partial charge in [0.15, 0.2) is 23.0 Å². The number of benzene rings is 2. The first-order chi connectivity index (χ1) is 10.7. The average molecular weight is 302 g/mol. The van der Waals surface area contributed by atoms with Gasteiger partial charge in [0.25, 0.3) is 0 Å². The van der Waals surface area contributed by atoms with Gasteiger partial charge in [-0.05, 0) is 35.9 Å². The summed E-state index contributed by atoms with van der Waals surface area (Å²) in [5.41, 5.74) is 0.730. The fraction of sp³-hybridized carbons (Fsp3) is 0.176. The Balaban J connectivity index is 2.27. The average Bonchev–Trinajstić information content (AvgIpc) is 2.56. The summed E-state index contributed by atoms with van der Waals surface area (Å²) in [7, 11) is 3.02. The number of aromatic hydroxyl groups is 1. The van der Waals surface area contributed by atoms with Crippen molar-refractivity contribution in [3.05, 3.63) is 53.8 Å². The molecule has 0 atom stereocenters. The number of hydrogen-bond acceptors (Lipinski definition) is 5. The van der Waals surface area contributed by atoms with Crippen molar-refractivity contribution in [2.75, 3.05) is 20.8 Å². The highest BCUT2D eigenvalue weighted by Crippen LogP contribution is 2.30. The smallest absolute Gasteiger partial charge is 0.168 e. The Kier molecular flexibility index (Phi) is 5.27. The fourth-order valence-corrected chi connectivity index (χ4v) is 1.92. The predicted molar refractivity (Wildman–Crippen MR) is 83.3 cm³/mol. The highest BCUT2D eigenvalue weighted by atomic mass is 16.5. The van der Waals surface area contributed by atoms with E-state index in [1.807, 2.05) is 12.1 Å². The molecule has 5 nitrogen and oxygen atoms in total. The van der Waals surface area contributed by atoms with Gasteiger partial charge >= 0.3 is 0 Å². The van der Waals surface area contributed by atoms with E-state index in [2.05, 4.69) is 0 Å². The van der Waals surface area contributed by atoms with Crippen LogP contribution in [0.1, 0.15) is 5.56 Å². The Bertz CT molecular complexity index is 664. The van der Waals surface area contributed by atoms with Crippen LogP contribution in [0.4, 0.5) is 0 Å². The minimum atomic E-state index is -0.277. The molecule has 2 rings (SSSR count). The zero-order valence-electron chi connectivity index (χ0n) is 12.4. The highest BCUT2D eigenvalue weighted by Gasteiger charge is 2.07. The topological polar surface area (TPSA) is 68.2 Å². The molecular formula is C17H18O5. The fourth-order valence-electron chi connectivity index (χ4n) is 1.92. The van der Waals surface area contributed by atoms with Crippen molar-refractivity contribution in [2.45, 2.75) is 0 Å². The minimum absolute atomic E-state index is 0.0517. The molecule has 0 aliphatic rings. The maximum atomic E-state index is 9.59. The first kappa shape index (κ1) is 15.7. The normalized spacial score (nSPS) is 11.1. The van der Waals surface area contributed by atoms with Crippen LogP contribution in [0.3, 0.4) is 0 Å². The van der Waals surface area contributed by atoms with Crippen LogP contribution in [0.25, 0.3) is 6.08 Å². The predicted octanol–water partition coefficient (Wildman–Crippen LogP) is 2.82. The van der Waals surface area contributed by atoms with Gasteiger partial charge in [0.1, 0.15) is 12.4 Å². The Hall–Kier alpha value is -2.66. The number of ether oxygens (including phenoxy) is 3. The second-order valence-corrected chi connectivity index (χ2v) is 4.45. The highest BCUT2D eigenvalue weighted by molar-refractivity contribution is 5.57. The monoisotopic (exact) mass is 302 g/mol. The van der Waals surface area contributed by atoms with Crippen LogP contribution in [-0.2, 0) is 0 Å². The van der Waals surface area contributed by atoms with Crippen LogP contribution >= 0.6 is 0 Å². The van der Waals surface area contributed by atoms with Gasteiger partial charge in [-0.1, -0.05) is 18.2 Å². The number of aliphatic hydroxyl groups excluding tert-OH is 1. The van der Waals surface area contributed by atoms with Crippen LogP contribution in [0.15, 0.2) is 48.2 Å². The lowest BCUT2D eigenvalue weighted by Gasteiger charge is -2.12. The largest absolute Gasteiger partial charge is 0.504 e. The molecule has 2 N–H and O–H groups in total. The Morgan fingerprint density at radius 3 is 2.32 bits per heavy atom. The zero-order valence-corrected chi connectivity index (χ0v) is 12.4. The molecular weight excluding hydrogens is 284 g/mol. The minimum Gasteiger partial charge on any atom is -0.504 e. The summed E-state index contributed by atoms with van der Waals surface area (Å²) in [5, 5.41) is 19.1. The molecule has 0 aliphatic heterocycles. The summed E-state index contributed by atoms with van der Waals surface area (Å²) in [4.78, 5) is 0. The molecule has 116 valence electrons. The summed E-state index contributed by atoms with van der Waals surface area (Å²) in [6, 6.07) is 12.0. The molecule has 0 fully saturated rings. The second kappa shape index (κ2) is 7.38. The molecule has 0 saturated heterocycles. The van der Waals surface area contributed by atoms with E-state index in [4.69, 9.17) is 14.2 Å². The van der Waals surface area contributed by atoms with Crippen LogP contribution in [-0.4, -0.2) is 31.0 Å². The molecule has 0 spiro atoms. The number of phenolic OH excluding ortho intramolecular Hbond substituents is 1. The number of methoxy groups -OCH3 is 2. The van der Waals surface area contributed by atoms with Crippen molar-refractivity contribution >= 4 is 6.08 Å². The molecule has 0 amide bonds. The molecule has 2 aromatic rings. The van der Waals surface area contributed by atoms with Crippen molar-refractivity contribution in [3.63, 3.8) is 0 Å². The van der Waals surface area contributed by atoms with Crippen LogP contribution in [0.2, 0.25) is 0 Å². The second-order valence-electron chi connectivity index (χ2n) is 4.45. The van der Waals surface area contributed by atoms with Crippen LogP contribution in [0.5, 0.6) is 23.0 Å². The van der Waals surface area contributed by atoms with E-state index in [0.29, 0.717) is 23.0 Å². The summed E-state index contributed by atoms with van der Waals surface area (Å²) < 4.78 is 15.9. The van der Waals surface area contributed by atoms with Gasteiger partial charge in [-0.25, -0.2) is 0 Å². The molecule has 2 aromatic carbocycles. The molecule has 5 heteroatoms. The van der Waals surface area contributed by atoms with E-state index >= 15 is 0 Å². The summed E-state index contributed by atoms with van der Waals surface area (Å²) in [6.45, 7) is -0.277. The van der Waals surface area contributed by atoms with Crippen LogP contribution in [0, 0.1) is 0 Å². The first-order valence-electron chi connectivity index (χ1n) is 6.67. The third-order valence-electron chi connectivity index (χ3n) is 3.00. The molecule has 0 saturated carbocycles. The van der Waals surface area contributed by atoms with Gasteiger partial charge in [-0.3, -0.25) is 0 Å². The van der Waals surface area contributed by atoms with E-state index < -0.39 is 0 Å². The molecule has 0 aromatic heterocycles. The van der Waals surface area contributed by atoms with Crippen molar-refractivity contribution in [2.24, 2.45) is 0 Å². The summed E-state index contributed by atoms with van der Waals surface area (Å²) in [6.07, 6.45) is 1.66. The number of aliphatic hydroxyl groups is 1. The summed E-state index contributed by atoms with van der Waals surface area (Å²) >= 11 is 0. The van der Waals surface area contributed by atoms with Gasteiger partial charge in [0.2, 0.25) is 0 Å². The molecule has 22 heavy (non-hydrogen) atoms. The van der Waals surface area contributed by atoms with E-state index in [9.17, 15) is 10.2 Å². The van der Waals surface area contributed by atoms with E-state index in [1.54, 1.807) is 37.5 Å². The van der Waals surface area contributed by atoms with Crippen molar-refractivity contribution in [1.29, 1.82) is 0 Å². The zero-order chi connectivity index (χ0) is 15.9. The van der Waals surface area contributed by atoms with Crippen molar-refractivity contribution < 1.29 is 24.4 Å². The quantitative estimate of drug-likeness (QED) is 0.803. The van der Waals surface area contributed by atoms with Gasteiger partial charge in [-0.2, -0.15) is 0 Å².